The molecule has 0 aromatic carbocycles. The number of carbonyl (C=O) groups excluding carboxylic acids is 1. The highest BCUT2D eigenvalue weighted by atomic mass is 16.1. The molecule has 2 aromatic rings. The van der Waals surface area contributed by atoms with Crippen molar-refractivity contribution in [1.29, 1.82) is 0 Å². The molecule has 3 heteroatoms. The van der Waals surface area contributed by atoms with Gasteiger partial charge in [0.1, 0.15) is 11.3 Å². The van der Waals surface area contributed by atoms with Gasteiger partial charge in [0.05, 0.1) is 6.20 Å². The van der Waals surface area contributed by atoms with Gasteiger partial charge in [-0.1, -0.05) is 26.8 Å². The third kappa shape index (κ3) is 1.65. The Balaban J connectivity index is 2.58. The minimum absolute atomic E-state index is 0.112. The summed E-state index contributed by atoms with van der Waals surface area (Å²) in [5, 5.41) is 0. The van der Waals surface area contributed by atoms with Crippen molar-refractivity contribution in [2.75, 3.05) is 0 Å². The second kappa shape index (κ2) is 3.19. The highest BCUT2D eigenvalue weighted by Gasteiger charge is 2.25. The quantitative estimate of drug-likeness (QED) is 0.666. The van der Waals surface area contributed by atoms with Crippen LogP contribution in [0, 0.1) is 5.41 Å². The zero-order valence-corrected chi connectivity index (χ0v) is 9.19. The van der Waals surface area contributed by atoms with Gasteiger partial charge in [-0.25, -0.2) is 4.98 Å². The van der Waals surface area contributed by atoms with Crippen molar-refractivity contribution in [3.63, 3.8) is 0 Å². The van der Waals surface area contributed by atoms with Gasteiger partial charge < -0.3 is 0 Å². The van der Waals surface area contributed by atoms with Crippen molar-refractivity contribution >= 4 is 11.4 Å². The molecule has 0 spiro atoms. The summed E-state index contributed by atoms with van der Waals surface area (Å²) in [7, 11) is 0. The SMILES string of the molecule is CC(C)(C)C(=O)c1cnc2ccccn12. The lowest BCUT2D eigenvalue weighted by atomic mass is 9.89. The lowest BCUT2D eigenvalue weighted by Gasteiger charge is -2.15. The molecule has 0 aliphatic carbocycles. The summed E-state index contributed by atoms with van der Waals surface area (Å²) in [6.45, 7) is 5.74. The van der Waals surface area contributed by atoms with Crippen molar-refractivity contribution in [2.45, 2.75) is 20.8 Å². The second-order valence-electron chi connectivity index (χ2n) is 4.65. The number of nitrogens with zero attached hydrogens (tertiary/aromatic N) is 2. The van der Waals surface area contributed by atoms with Crippen molar-refractivity contribution in [3.8, 4) is 0 Å². The van der Waals surface area contributed by atoms with Crippen LogP contribution in [0.2, 0.25) is 0 Å². The van der Waals surface area contributed by atoms with Crippen molar-refractivity contribution < 1.29 is 4.79 Å². The van der Waals surface area contributed by atoms with Gasteiger partial charge in [0.2, 0.25) is 0 Å². The molecule has 0 aliphatic rings. The fourth-order valence-electron chi connectivity index (χ4n) is 1.48. The van der Waals surface area contributed by atoms with E-state index >= 15 is 0 Å². The molecule has 0 radical (unpaired) electrons. The fourth-order valence-corrected chi connectivity index (χ4v) is 1.48. The Bertz CT molecular complexity index is 506. The van der Waals surface area contributed by atoms with Crippen LogP contribution < -0.4 is 0 Å². The number of Topliss-reactive ketones (excluding diaryl/α,β-unsaturated/α-hetero) is 1. The summed E-state index contributed by atoms with van der Waals surface area (Å²) in [6, 6.07) is 5.70. The van der Waals surface area contributed by atoms with Crippen LogP contribution in [-0.4, -0.2) is 15.2 Å². The lowest BCUT2D eigenvalue weighted by Crippen LogP contribution is -2.21. The second-order valence-corrected chi connectivity index (χ2v) is 4.65. The first kappa shape index (κ1) is 9.90. The number of carbonyl (C=O) groups is 1. The van der Waals surface area contributed by atoms with E-state index in [2.05, 4.69) is 4.98 Å². The summed E-state index contributed by atoms with van der Waals surface area (Å²) in [6.07, 6.45) is 3.50. The van der Waals surface area contributed by atoms with E-state index in [9.17, 15) is 4.79 Å². The Hall–Kier alpha value is -1.64. The first-order valence-electron chi connectivity index (χ1n) is 4.97. The standard InChI is InChI=1S/C12H14N2O/c1-12(2,3)11(15)9-8-13-10-6-4-5-7-14(9)10/h4-8H,1-3H3. The highest BCUT2D eigenvalue weighted by Crippen LogP contribution is 2.21. The van der Waals surface area contributed by atoms with Crippen LogP contribution in [0.3, 0.4) is 0 Å². The van der Waals surface area contributed by atoms with Gasteiger partial charge in [-0.15, -0.1) is 0 Å². The lowest BCUT2D eigenvalue weighted by molar-refractivity contribution is 0.0852. The molecule has 78 valence electrons. The van der Waals surface area contributed by atoms with E-state index in [1.807, 2.05) is 49.6 Å². The average Bonchev–Trinajstić information content (AvgIpc) is 2.58. The Morgan fingerprint density at radius 2 is 2.07 bits per heavy atom. The maximum absolute atomic E-state index is 12.1. The number of hydrogen-bond donors (Lipinski definition) is 0. The first-order valence-corrected chi connectivity index (χ1v) is 4.97. The number of aromatic nitrogens is 2. The molecule has 0 fully saturated rings. The molecule has 15 heavy (non-hydrogen) atoms. The molecule has 2 rings (SSSR count). The van der Waals surface area contributed by atoms with Gasteiger partial charge in [0, 0.05) is 11.6 Å². The van der Waals surface area contributed by atoms with Crippen LogP contribution in [0.4, 0.5) is 0 Å². The molecule has 0 bridgehead atoms. The molecule has 0 N–H and O–H groups in total. The van der Waals surface area contributed by atoms with E-state index in [-0.39, 0.29) is 11.2 Å². The smallest absolute Gasteiger partial charge is 0.186 e. The number of ketones is 1. The topological polar surface area (TPSA) is 34.4 Å². The van der Waals surface area contributed by atoms with Crippen molar-refractivity contribution in [1.82, 2.24) is 9.38 Å². The average molecular weight is 202 g/mol. The molecular formula is C12H14N2O. The normalized spacial score (nSPS) is 11.9. The predicted molar refractivity (Wildman–Crippen MR) is 59.0 cm³/mol. The van der Waals surface area contributed by atoms with E-state index in [1.165, 1.54) is 0 Å². The molecule has 0 amide bonds. The van der Waals surface area contributed by atoms with Gasteiger partial charge in [-0.2, -0.15) is 0 Å². The third-order valence-corrected chi connectivity index (χ3v) is 2.33. The van der Waals surface area contributed by atoms with Crippen LogP contribution in [0.5, 0.6) is 0 Å². The Labute approximate surface area is 88.8 Å². The summed E-state index contributed by atoms with van der Waals surface area (Å²) in [4.78, 5) is 16.3. The Morgan fingerprint density at radius 1 is 1.33 bits per heavy atom. The fraction of sp³-hybridized carbons (Fsp3) is 0.333. The van der Waals surface area contributed by atoms with E-state index in [1.54, 1.807) is 6.20 Å². The highest BCUT2D eigenvalue weighted by molar-refractivity contribution is 5.98. The summed E-state index contributed by atoms with van der Waals surface area (Å²) < 4.78 is 1.83. The van der Waals surface area contributed by atoms with E-state index in [0.29, 0.717) is 5.69 Å². The molecule has 2 aromatic heterocycles. The number of imidazole rings is 1. The van der Waals surface area contributed by atoms with Crippen molar-refractivity contribution in [3.05, 3.63) is 36.3 Å². The monoisotopic (exact) mass is 202 g/mol. The molecule has 3 nitrogen and oxygen atoms in total. The minimum Gasteiger partial charge on any atom is -0.297 e. The van der Waals surface area contributed by atoms with Crippen LogP contribution >= 0.6 is 0 Å². The Kier molecular flexibility index (Phi) is 2.11. The number of hydrogen-bond acceptors (Lipinski definition) is 2. The molecule has 0 aliphatic heterocycles. The minimum atomic E-state index is -0.369. The van der Waals surface area contributed by atoms with Crippen molar-refractivity contribution in [2.24, 2.45) is 5.41 Å². The predicted octanol–water partition coefficient (Wildman–Crippen LogP) is 2.56. The van der Waals surface area contributed by atoms with Crippen LogP contribution in [0.15, 0.2) is 30.6 Å². The molecule has 0 atom stereocenters. The molecule has 0 unspecified atom stereocenters. The van der Waals surface area contributed by atoms with Gasteiger partial charge in [0.15, 0.2) is 5.78 Å². The number of pyridine rings is 1. The number of fused-ring (bicyclic) bond motifs is 1. The molecule has 0 saturated heterocycles. The van der Waals surface area contributed by atoms with Crippen LogP contribution in [0.25, 0.3) is 5.65 Å². The van der Waals surface area contributed by atoms with Gasteiger partial charge in [-0.3, -0.25) is 9.20 Å². The molecular weight excluding hydrogens is 188 g/mol. The molecule has 2 heterocycles. The van der Waals surface area contributed by atoms with Gasteiger partial charge in [0.25, 0.3) is 0 Å². The summed E-state index contributed by atoms with van der Waals surface area (Å²) in [5.41, 5.74) is 1.09. The zero-order valence-electron chi connectivity index (χ0n) is 9.19. The largest absolute Gasteiger partial charge is 0.297 e. The third-order valence-electron chi connectivity index (χ3n) is 2.33. The van der Waals surface area contributed by atoms with E-state index in [4.69, 9.17) is 0 Å². The zero-order chi connectivity index (χ0) is 11.1. The maximum atomic E-state index is 12.1. The van der Waals surface area contributed by atoms with Gasteiger partial charge >= 0.3 is 0 Å². The van der Waals surface area contributed by atoms with Crippen LogP contribution in [0.1, 0.15) is 31.3 Å². The van der Waals surface area contributed by atoms with E-state index in [0.717, 1.165) is 5.65 Å². The number of rotatable bonds is 1. The Morgan fingerprint density at radius 3 is 2.73 bits per heavy atom. The van der Waals surface area contributed by atoms with Crippen LogP contribution in [-0.2, 0) is 0 Å². The first-order chi connectivity index (χ1) is 7.00. The summed E-state index contributed by atoms with van der Waals surface area (Å²) >= 11 is 0. The molecule has 0 saturated carbocycles. The maximum Gasteiger partial charge on any atom is 0.186 e. The van der Waals surface area contributed by atoms with Gasteiger partial charge in [-0.05, 0) is 12.1 Å². The van der Waals surface area contributed by atoms with E-state index < -0.39 is 0 Å². The summed E-state index contributed by atoms with van der Waals surface area (Å²) in [5.74, 6) is 0.112.